The maximum Gasteiger partial charge on any atom is 0.268 e. The predicted octanol–water partition coefficient (Wildman–Crippen LogP) is 0.937. The third kappa shape index (κ3) is 1.27. The fourth-order valence-corrected chi connectivity index (χ4v) is 2.21. The molecule has 2 fully saturated rings. The zero-order chi connectivity index (χ0) is 9.53. The van der Waals surface area contributed by atoms with E-state index < -0.39 is 11.3 Å². The third-order valence-electron chi connectivity index (χ3n) is 3.48. The van der Waals surface area contributed by atoms with E-state index in [0.29, 0.717) is 19.5 Å². The van der Waals surface area contributed by atoms with Crippen molar-refractivity contribution in [2.45, 2.75) is 19.3 Å². The van der Waals surface area contributed by atoms with Crippen LogP contribution in [-0.4, -0.2) is 43.5 Å². The second kappa shape index (κ2) is 2.89. The van der Waals surface area contributed by atoms with E-state index in [1.54, 1.807) is 0 Å². The van der Waals surface area contributed by atoms with E-state index in [2.05, 4.69) is 5.32 Å². The molecule has 2 aliphatic rings. The fraction of sp³-hybridized carbons (Fsp3) is 1.00. The minimum atomic E-state index is -2.49. The molecular formula is C9H16F2N2. The van der Waals surface area contributed by atoms with Gasteiger partial charge in [-0.2, -0.15) is 0 Å². The first-order valence-corrected chi connectivity index (χ1v) is 4.91. The van der Waals surface area contributed by atoms with Gasteiger partial charge in [-0.15, -0.1) is 0 Å². The molecule has 76 valence electrons. The second-order valence-electron chi connectivity index (χ2n) is 4.21. The summed E-state index contributed by atoms with van der Waals surface area (Å²) in [7, 11) is 0. The number of piperidine rings is 1. The molecule has 2 nitrogen and oxygen atoms in total. The molecule has 13 heavy (non-hydrogen) atoms. The van der Waals surface area contributed by atoms with E-state index in [4.69, 9.17) is 0 Å². The Balaban J connectivity index is 2.08. The predicted molar refractivity (Wildman–Crippen MR) is 47.0 cm³/mol. The van der Waals surface area contributed by atoms with Crippen LogP contribution in [0.3, 0.4) is 0 Å². The van der Waals surface area contributed by atoms with Crippen LogP contribution in [0.1, 0.15) is 13.3 Å². The van der Waals surface area contributed by atoms with E-state index in [1.807, 2.05) is 11.8 Å². The molecule has 4 heteroatoms. The van der Waals surface area contributed by atoms with Crippen LogP contribution in [0.25, 0.3) is 0 Å². The van der Waals surface area contributed by atoms with Gasteiger partial charge in [-0.3, -0.25) is 4.90 Å². The normalized spacial score (nSPS) is 31.6. The Labute approximate surface area is 77.3 Å². The van der Waals surface area contributed by atoms with Crippen molar-refractivity contribution in [2.24, 2.45) is 5.41 Å². The fourth-order valence-electron chi connectivity index (χ4n) is 2.21. The van der Waals surface area contributed by atoms with E-state index >= 15 is 0 Å². The molecule has 2 heterocycles. The quantitative estimate of drug-likeness (QED) is 0.662. The lowest BCUT2D eigenvalue weighted by Gasteiger charge is -2.52. The summed E-state index contributed by atoms with van der Waals surface area (Å²) in [5.74, 6) is -2.49. The van der Waals surface area contributed by atoms with Gasteiger partial charge >= 0.3 is 0 Å². The monoisotopic (exact) mass is 190 g/mol. The molecule has 1 spiro atoms. The molecule has 0 unspecified atom stereocenters. The van der Waals surface area contributed by atoms with Crippen molar-refractivity contribution in [1.29, 1.82) is 0 Å². The number of nitrogens with zero attached hydrogens (tertiary/aromatic N) is 1. The van der Waals surface area contributed by atoms with E-state index in [9.17, 15) is 8.78 Å². The first-order chi connectivity index (χ1) is 6.10. The number of likely N-dealkylation sites (tertiary alicyclic amines) is 1. The molecule has 0 radical (unpaired) electrons. The molecule has 1 N–H and O–H groups in total. The summed E-state index contributed by atoms with van der Waals surface area (Å²) in [6, 6.07) is 0. The van der Waals surface area contributed by atoms with Crippen LogP contribution < -0.4 is 5.32 Å². The lowest BCUT2D eigenvalue weighted by molar-refractivity contribution is -0.187. The van der Waals surface area contributed by atoms with Gasteiger partial charge in [0, 0.05) is 13.1 Å². The number of nitrogens with one attached hydrogen (secondary N) is 1. The van der Waals surface area contributed by atoms with Gasteiger partial charge < -0.3 is 5.32 Å². The third-order valence-corrected chi connectivity index (χ3v) is 3.48. The maximum atomic E-state index is 13.7. The van der Waals surface area contributed by atoms with Crippen LogP contribution >= 0.6 is 0 Å². The van der Waals surface area contributed by atoms with Crippen molar-refractivity contribution >= 4 is 0 Å². The Hall–Kier alpha value is -0.220. The number of rotatable bonds is 1. The lowest BCUT2D eigenvalue weighted by Crippen LogP contribution is -2.69. The Bertz CT molecular complexity index is 202. The molecule has 0 bridgehead atoms. The Kier molecular flexibility index (Phi) is 2.07. The molecule has 2 rings (SSSR count). The zero-order valence-electron chi connectivity index (χ0n) is 7.95. The van der Waals surface area contributed by atoms with Gasteiger partial charge in [0.1, 0.15) is 0 Å². The van der Waals surface area contributed by atoms with Crippen molar-refractivity contribution < 1.29 is 8.78 Å². The average molecular weight is 190 g/mol. The van der Waals surface area contributed by atoms with Crippen molar-refractivity contribution in [3.8, 4) is 0 Å². The summed E-state index contributed by atoms with van der Waals surface area (Å²) >= 11 is 0. The summed E-state index contributed by atoms with van der Waals surface area (Å²) in [5, 5.41) is 2.96. The Morgan fingerprint density at radius 2 is 2.08 bits per heavy atom. The molecule has 0 amide bonds. The van der Waals surface area contributed by atoms with Gasteiger partial charge in [0.25, 0.3) is 5.92 Å². The molecule has 0 aliphatic carbocycles. The van der Waals surface area contributed by atoms with Gasteiger partial charge in [-0.1, -0.05) is 6.92 Å². The highest BCUT2D eigenvalue weighted by Gasteiger charge is 2.59. The van der Waals surface area contributed by atoms with Crippen molar-refractivity contribution in [3.05, 3.63) is 0 Å². The maximum absolute atomic E-state index is 13.7. The van der Waals surface area contributed by atoms with Crippen LogP contribution in [0.5, 0.6) is 0 Å². The molecule has 2 saturated heterocycles. The molecule has 0 aromatic carbocycles. The SMILES string of the molecule is CCN1CCC2(CNC2)C(F)(F)C1. The molecule has 0 aromatic heterocycles. The molecular weight excluding hydrogens is 174 g/mol. The second-order valence-corrected chi connectivity index (χ2v) is 4.21. The average Bonchev–Trinajstić information content (AvgIpc) is 1.99. The smallest absolute Gasteiger partial charge is 0.268 e. The highest BCUT2D eigenvalue weighted by Crippen LogP contribution is 2.46. The van der Waals surface area contributed by atoms with Crippen LogP contribution in [0, 0.1) is 5.41 Å². The highest BCUT2D eigenvalue weighted by atomic mass is 19.3. The number of hydrogen-bond donors (Lipinski definition) is 1. The van der Waals surface area contributed by atoms with Crippen LogP contribution in [-0.2, 0) is 0 Å². The first-order valence-electron chi connectivity index (χ1n) is 4.91. The van der Waals surface area contributed by atoms with E-state index in [-0.39, 0.29) is 6.54 Å². The zero-order valence-corrected chi connectivity index (χ0v) is 7.95. The molecule has 0 atom stereocenters. The van der Waals surface area contributed by atoms with Gasteiger partial charge in [0.2, 0.25) is 0 Å². The molecule has 2 aliphatic heterocycles. The van der Waals surface area contributed by atoms with Crippen LogP contribution in [0.15, 0.2) is 0 Å². The van der Waals surface area contributed by atoms with Gasteiger partial charge in [0.05, 0.1) is 12.0 Å². The largest absolute Gasteiger partial charge is 0.315 e. The molecule has 0 aromatic rings. The number of halogens is 2. The molecule has 0 saturated carbocycles. The summed E-state index contributed by atoms with van der Waals surface area (Å²) in [6.45, 7) is 4.44. The van der Waals surface area contributed by atoms with Crippen molar-refractivity contribution in [2.75, 3.05) is 32.7 Å². The Morgan fingerprint density at radius 3 is 2.46 bits per heavy atom. The Morgan fingerprint density at radius 1 is 1.38 bits per heavy atom. The lowest BCUT2D eigenvalue weighted by atomic mass is 9.70. The van der Waals surface area contributed by atoms with E-state index in [1.165, 1.54) is 0 Å². The first kappa shape index (κ1) is 9.34. The van der Waals surface area contributed by atoms with Gasteiger partial charge in [-0.25, -0.2) is 8.78 Å². The minimum Gasteiger partial charge on any atom is -0.315 e. The van der Waals surface area contributed by atoms with Gasteiger partial charge in [0.15, 0.2) is 0 Å². The summed E-state index contributed by atoms with van der Waals surface area (Å²) in [4.78, 5) is 1.84. The highest BCUT2D eigenvalue weighted by molar-refractivity contribution is 5.06. The summed E-state index contributed by atoms with van der Waals surface area (Å²) < 4.78 is 27.3. The minimum absolute atomic E-state index is 0.0504. The summed E-state index contributed by atoms with van der Waals surface area (Å²) in [5.41, 5.74) is -0.710. The standard InChI is InChI=1S/C9H16F2N2/c1-2-13-4-3-8(5-12-6-8)9(10,11)7-13/h12H,2-7H2,1H3. The van der Waals surface area contributed by atoms with Crippen LogP contribution in [0.2, 0.25) is 0 Å². The topological polar surface area (TPSA) is 15.3 Å². The van der Waals surface area contributed by atoms with Gasteiger partial charge in [-0.05, 0) is 19.5 Å². The summed E-state index contributed by atoms with van der Waals surface area (Å²) in [6.07, 6.45) is 0.640. The number of hydrogen-bond acceptors (Lipinski definition) is 2. The number of alkyl halides is 2. The van der Waals surface area contributed by atoms with Crippen molar-refractivity contribution in [3.63, 3.8) is 0 Å². The van der Waals surface area contributed by atoms with Crippen molar-refractivity contribution in [1.82, 2.24) is 10.2 Å². The van der Waals surface area contributed by atoms with E-state index in [0.717, 1.165) is 13.1 Å². The van der Waals surface area contributed by atoms with Crippen LogP contribution in [0.4, 0.5) is 8.78 Å².